The van der Waals surface area contributed by atoms with Crippen LogP contribution in [0.1, 0.15) is 10.5 Å². The van der Waals surface area contributed by atoms with Gasteiger partial charge < -0.3 is 14.6 Å². The van der Waals surface area contributed by atoms with Gasteiger partial charge >= 0.3 is 11.7 Å². The van der Waals surface area contributed by atoms with Crippen LogP contribution in [0.2, 0.25) is 0 Å². The maximum atomic E-state index is 11.4. The van der Waals surface area contributed by atoms with Crippen molar-refractivity contribution in [3.63, 3.8) is 0 Å². The Hall–Kier alpha value is -2.83. The molecule has 0 unspecified atom stereocenters. The number of aromatic amines is 1. The van der Waals surface area contributed by atoms with Crippen molar-refractivity contribution in [3.8, 4) is 22.8 Å². The molecule has 1 aliphatic rings. The van der Waals surface area contributed by atoms with Crippen LogP contribution in [0.25, 0.3) is 11.3 Å². The molecule has 0 saturated heterocycles. The summed E-state index contributed by atoms with van der Waals surface area (Å²) in [5.74, 6) is -0.0562. The zero-order valence-electron chi connectivity index (χ0n) is 10.3. The standard InChI is InChI=1S/C13H10N2O5/c16-12(17)9-6-8(14-13(18)15-9)7-1-2-10-11(5-7)20-4-3-19-10/h1-2,5-6H,3-4H2,(H,16,17)(H,14,15,18). The maximum absolute atomic E-state index is 11.4. The molecule has 7 nitrogen and oxygen atoms in total. The smallest absolute Gasteiger partial charge is 0.352 e. The molecule has 1 aromatic heterocycles. The van der Waals surface area contributed by atoms with E-state index < -0.39 is 11.7 Å². The van der Waals surface area contributed by atoms with Crippen molar-refractivity contribution < 1.29 is 19.4 Å². The fourth-order valence-electron chi connectivity index (χ4n) is 1.92. The van der Waals surface area contributed by atoms with Crippen LogP contribution >= 0.6 is 0 Å². The first-order valence-corrected chi connectivity index (χ1v) is 5.88. The van der Waals surface area contributed by atoms with Gasteiger partial charge in [0.2, 0.25) is 0 Å². The van der Waals surface area contributed by atoms with Gasteiger partial charge in [0, 0.05) is 5.56 Å². The number of rotatable bonds is 2. The predicted molar refractivity (Wildman–Crippen MR) is 68.2 cm³/mol. The number of fused-ring (bicyclic) bond motifs is 1. The first-order valence-electron chi connectivity index (χ1n) is 5.88. The summed E-state index contributed by atoms with van der Waals surface area (Å²) in [7, 11) is 0. The van der Waals surface area contributed by atoms with Gasteiger partial charge in [-0.25, -0.2) is 9.59 Å². The number of carboxylic acid groups (broad SMARTS) is 1. The van der Waals surface area contributed by atoms with Crippen LogP contribution in [-0.4, -0.2) is 34.3 Å². The first-order chi connectivity index (χ1) is 9.63. The third-order valence-electron chi connectivity index (χ3n) is 2.81. The lowest BCUT2D eigenvalue weighted by atomic mass is 10.1. The van der Waals surface area contributed by atoms with E-state index in [1.165, 1.54) is 6.07 Å². The Kier molecular flexibility index (Phi) is 2.86. The second-order valence-electron chi connectivity index (χ2n) is 4.15. The summed E-state index contributed by atoms with van der Waals surface area (Å²) in [6.45, 7) is 0.929. The number of nitrogens with zero attached hydrogens (tertiary/aromatic N) is 1. The molecule has 2 aromatic rings. The summed E-state index contributed by atoms with van der Waals surface area (Å²) in [5.41, 5.74) is -0.0735. The average molecular weight is 274 g/mol. The molecule has 7 heteroatoms. The first kappa shape index (κ1) is 12.2. The van der Waals surface area contributed by atoms with Crippen molar-refractivity contribution in [1.82, 2.24) is 9.97 Å². The third-order valence-corrected chi connectivity index (χ3v) is 2.81. The van der Waals surface area contributed by atoms with Crippen molar-refractivity contribution in [3.05, 3.63) is 40.4 Å². The van der Waals surface area contributed by atoms with E-state index in [0.717, 1.165) is 0 Å². The minimum atomic E-state index is -1.22. The molecule has 0 aliphatic carbocycles. The zero-order valence-corrected chi connectivity index (χ0v) is 10.3. The van der Waals surface area contributed by atoms with Crippen molar-refractivity contribution in [1.29, 1.82) is 0 Å². The molecule has 3 rings (SSSR count). The molecule has 0 saturated carbocycles. The number of benzene rings is 1. The number of hydrogen-bond donors (Lipinski definition) is 2. The lowest BCUT2D eigenvalue weighted by Crippen LogP contribution is -2.17. The molecule has 0 amide bonds. The number of carboxylic acids is 1. The summed E-state index contributed by atoms with van der Waals surface area (Å²) in [6, 6.07) is 6.37. The van der Waals surface area contributed by atoms with E-state index in [9.17, 15) is 9.59 Å². The lowest BCUT2D eigenvalue weighted by Gasteiger charge is -2.18. The highest BCUT2D eigenvalue weighted by molar-refractivity contribution is 5.86. The second-order valence-corrected chi connectivity index (χ2v) is 4.15. The van der Waals surface area contributed by atoms with Gasteiger partial charge in [-0.15, -0.1) is 0 Å². The van der Waals surface area contributed by atoms with Crippen LogP contribution in [-0.2, 0) is 0 Å². The molecule has 0 atom stereocenters. The number of ether oxygens (including phenoxy) is 2. The molecule has 0 radical (unpaired) electrons. The van der Waals surface area contributed by atoms with Crippen molar-refractivity contribution in [2.24, 2.45) is 0 Å². The molecule has 0 fully saturated rings. The minimum absolute atomic E-state index is 0.213. The molecular weight excluding hydrogens is 264 g/mol. The van der Waals surface area contributed by atoms with Crippen molar-refractivity contribution >= 4 is 5.97 Å². The minimum Gasteiger partial charge on any atom is -0.486 e. The third kappa shape index (κ3) is 2.20. The Morgan fingerprint density at radius 3 is 2.70 bits per heavy atom. The summed E-state index contributed by atoms with van der Waals surface area (Å²) in [6.07, 6.45) is 0. The average Bonchev–Trinajstić information content (AvgIpc) is 2.46. The Balaban J connectivity index is 2.09. The number of nitrogens with one attached hydrogen (secondary N) is 1. The van der Waals surface area contributed by atoms with Gasteiger partial charge in [-0.05, 0) is 24.3 Å². The Morgan fingerprint density at radius 1 is 1.20 bits per heavy atom. The largest absolute Gasteiger partial charge is 0.486 e. The van der Waals surface area contributed by atoms with E-state index in [-0.39, 0.29) is 11.4 Å². The lowest BCUT2D eigenvalue weighted by molar-refractivity contribution is 0.0690. The highest BCUT2D eigenvalue weighted by atomic mass is 16.6. The quantitative estimate of drug-likeness (QED) is 0.843. The number of H-pyrrole nitrogens is 1. The molecule has 0 bridgehead atoms. The Bertz CT molecular complexity index is 738. The summed E-state index contributed by atoms with van der Waals surface area (Å²) >= 11 is 0. The molecule has 1 aromatic carbocycles. The number of aromatic nitrogens is 2. The Morgan fingerprint density at radius 2 is 1.95 bits per heavy atom. The topological polar surface area (TPSA) is 102 Å². The van der Waals surface area contributed by atoms with Gasteiger partial charge in [0.05, 0.1) is 5.69 Å². The fraction of sp³-hybridized carbons (Fsp3) is 0.154. The van der Waals surface area contributed by atoms with E-state index in [1.807, 2.05) is 0 Å². The molecular formula is C13H10N2O5. The number of carbonyl (C=O) groups is 1. The van der Waals surface area contributed by atoms with Gasteiger partial charge in [-0.2, -0.15) is 4.98 Å². The van der Waals surface area contributed by atoms with Gasteiger partial charge in [0.15, 0.2) is 11.5 Å². The van der Waals surface area contributed by atoms with Gasteiger partial charge in [0.25, 0.3) is 0 Å². The molecule has 0 spiro atoms. The van der Waals surface area contributed by atoms with Crippen molar-refractivity contribution in [2.45, 2.75) is 0 Å². The van der Waals surface area contributed by atoms with E-state index in [4.69, 9.17) is 14.6 Å². The van der Waals surface area contributed by atoms with Crippen LogP contribution < -0.4 is 15.2 Å². The summed E-state index contributed by atoms with van der Waals surface area (Å²) in [5, 5.41) is 8.93. The van der Waals surface area contributed by atoms with E-state index in [2.05, 4.69) is 9.97 Å². The van der Waals surface area contributed by atoms with Crippen LogP contribution in [0.5, 0.6) is 11.5 Å². The molecule has 1 aliphatic heterocycles. The summed E-state index contributed by atoms with van der Waals surface area (Å²) < 4.78 is 10.8. The molecule has 2 N–H and O–H groups in total. The van der Waals surface area contributed by atoms with Crippen molar-refractivity contribution in [2.75, 3.05) is 13.2 Å². The SMILES string of the molecule is O=C(O)c1cc(-c2ccc3c(c2)OCCO3)nc(=O)[nH]1. The van der Waals surface area contributed by atoms with Gasteiger partial charge in [0.1, 0.15) is 18.9 Å². The zero-order chi connectivity index (χ0) is 14.1. The monoisotopic (exact) mass is 274 g/mol. The molecule has 2 heterocycles. The van der Waals surface area contributed by atoms with E-state index in [0.29, 0.717) is 30.3 Å². The van der Waals surface area contributed by atoms with E-state index >= 15 is 0 Å². The molecule has 102 valence electrons. The van der Waals surface area contributed by atoms with Crippen LogP contribution in [0.15, 0.2) is 29.1 Å². The van der Waals surface area contributed by atoms with Gasteiger partial charge in [-0.1, -0.05) is 0 Å². The Labute approximate surface area is 112 Å². The molecule has 20 heavy (non-hydrogen) atoms. The van der Waals surface area contributed by atoms with Crippen LogP contribution in [0, 0.1) is 0 Å². The number of hydrogen-bond acceptors (Lipinski definition) is 5. The summed E-state index contributed by atoms with van der Waals surface area (Å²) in [4.78, 5) is 28.2. The van der Waals surface area contributed by atoms with Crippen LogP contribution in [0.3, 0.4) is 0 Å². The normalized spacial score (nSPS) is 13.0. The van der Waals surface area contributed by atoms with Gasteiger partial charge in [-0.3, -0.25) is 4.98 Å². The predicted octanol–water partition coefficient (Wildman–Crippen LogP) is 0.906. The fourth-order valence-corrected chi connectivity index (χ4v) is 1.92. The highest BCUT2D eigenvalue weighted by Crippen LogP contribution is 2.33. The maximum Gasteiger partial charge on any atom is 0.352 e. The second kappa shape index (κ2) is 4.69. The van der Waals surface area contributed by atoms with Crippen LogP contribution in [0.4, 0.5) is 0 Å². The van der Waals surface area contributed by atoms with E-state index in [1.54, 1.807) is 18.2 Å². The number of aromatic carboxylic acids is 1. The highest BCUT2D eigenvalue weighted by Gasteiger charge is 2.14.